The first-order valence-corrected chi connectivity index (χ1v) is 7.68. The van der Waals surface area contributed by atoms with Crippen LogP contribution in [0.1, 0.15) is 27.2 Å². The van der Waals surface area contributed by atoms with Gasteiger partial charge in [0.1, 0.15) is 0 Å². The van der Waals surface area contributed by atoms with E-state index in [-0.39, 0.29) is 24.0 Å². The van der Waals surface area contributed by atoms with Crippen molar-refractivity contribution < 1.29 is 18.3 Å². The molecule has 0 spiro atoms. The fourth-order valence-corrected chi connectivity index (χ4v) is 3.79. The monoisotopic (exact) mass is 263 g/mol. The maximum atomic E-state index is 12.1. The number of likely N-dealkylation sites (N-methyl/N-ethyl adjacent to an activating group) is 1. The molecule has 1 aliphatic heterocycles. The lowest BCUT2D eigenvalue weighted by Gasteiger charge is -2.29. The zero-order valence-corrected chi connectivity index (χ0v) is 11.5. The molecule has 1 saturated heterocycles. The van der Waals surface area contributed by atoms with Gasteiger partial charge in [-0.1, -0.05) is 0 Å². The molecule has 100 valence electrons. The molecule has 0 bridgehead atoms. The highest BCUT2D eigenvalue weighted by atomic mass is 32.2. The molecule has 1 amide bonds. The quantitative estimate of drug-likeness (QED) is 0.777. The molecule has 1 heterocycles. The smallest absolute Gasteiger partial charge is 0.226 e. The van der Waals surface area contributed by atoms with E-state index >= 15 is 0 Å². The van der Waals surface area contributed by atoms with Gasteiger partial charge in [-0.15, -0.1) is 0 Å². The lowest BCUT2D eigenvalue weighted by atomic mass is 10.1. The number of rotatable bonds is 4. The summed E-state index contributed by atoms with van der Waals surface area (Å²) in [5.41, 5.74) is -0.955. The lowest BCUT2D eigenvalue weighted by Crippen LogP contribution is -2.44. The van der Waals surface area contributed by atoms with Gasteiger partial charge in [0, 0.05) is 13.1 Å². The highest BCUT2D eigenvalue weighted by molar-refractivity contribution is 7.91. The molecule has 1 aliphatic rings. The molecule has 0 aromatic heterocycles. The maximum absolute atomic E-state index is 12.1. The zero-order valence-electron chi connectivity index (χ0n) is 10.6. The van der Waals surface area contributed by atoms with Gasteiger partial charge in [-0.2, -0.15) is 0 Å². The molecule has 0 aromatic carbocycles. The van der Waals surface area contributed by atoms with E-state index in [0.717, 1.165) is 0 Å². The first kappa shape index (κ1) is 14.4. The predicted molar refractivity (Wildman–Crippen MR) is 65.3 cm³/mol. The average molecular weight is 263 g/mol. The van der Waals surface area contributed by atoms with Crippen molar-refractivity contribution in [3.05, 3.63) is 0 Å². The summed E-state index contributed by atoms with van der Waals surface area (Å²) in [6.07, 6.45) is 0.406. The third-order valence-electron chi connectivity index (χ3n) is 2.85. The number of hydrogen-bond donors (Lipinski definition) is 1. The minimum atomic E-state index is -3.04. The topological polar surface area (TPSA) is 74.7 Å². The molecule has 1 fully saturated rings. The Hall–Kier alpha value is -0.620. The Morgan fingerprint density at radius 2 is 2.06 bits per heavy atom. The van der Waals surface area contributed by atoms with Crippen molar-refractivity contribution in [3.63, 3.8) is 0 Å². The second-order valence-electron chi connectivity index (χ2n) is 5.26. The number of aliphatic hydroxyl groups is 1. The van der Waals surface area contributed by atoms with Gasteiger partial charge in [-0.3, -0.25) is 4.79 Å². The van der Waals surface area contributed by atoms with E-state index in [2.05, 4.69) is 0 Å². The Morgan fingerprint density at radius 3 is 2.41 bits per heavy atom. The molecule has 6 heteroatoms. The number of amides is 1. The van der Waals surface area contributed by atoms with Crippen molar-refractivity contribution >= 4 is 15.7 Å². The third-order valence-corrected chi connectivity index (χ3v) is 4.62. The summed E-state index contributed by atoms with van der Waals surface area (Å²) in [5.74, 6) is -0.532. The van der Waals surface area contributed by atoms with Gasteiger partial charge >= 0.3 is 0 Å². The summed E-state index contributed by atoms with van der Waals surface area (Å²) in [6, 6.07) is 0. The van der Waals surface area contributed by atoms with Crippen LogP contribution in [0.15, 0.2) is 0 Å². The van der Waals surface area contributed by atoms with Gasteiger partial charge in [0.05, 0.1) is 23.0 Å². The molecule has 17 heavy (non-hydrogen) atoms. The van der Waals surface area contributed by atoms with Gasteiger partial charge in [-0.05, 0) is 27.2 Å². The van der Waals surface area contributed by atoms with E-state index in [9.17, 15) is 18.3 Å². The van der Waals surface area contributed by atoms with Crippen LogP contribution in [0.3, 0.4) is 0 Å². The van der Waals surface area contributed by atoms with Crippen LogP contribution in [0.2, 0.25) is 0 Å². The predicted octanol–water partition coefficient (Wildman–Crippen LogP) is 0.0405. The Morgan fingerprint density at radius 1 is 1.47 bits per heavy atom. The summed E-state index contributed by atoms with van der Waals surface area (Å²) in [7, 11) is -3.04. The molecular weight excluding hydrogens is 242 g/mol. The van der Waals surface area contributed by atoms with Crippen LogP contribution < -0.4 is 0 Å². The molecule has 1 rings (SSSR count). The number of carbonyl (C=O) groups excluding carboxylic acids is 1. The molecule has 5 nitrogen and oxygen atoms in total. The highest BCUT2D eigenvalue weighted by Gasteiger charge is 2.36. The van der Waals surface area contributed by atoms with E-state index in [0.29, 0.717) is 13.0 Å². The van der Waals surface area contributed by atoms with E-state index in [1.807, 2.05) is 6.92 Å². The highest BCUT2D eigenvalue weighted by Crippen LogP contribution is 2.21. The SMILES string of the molecule is CCN(CC(C)(C)O)C(=O)C1CCS(=O)(=O)C1. The lowest BCUT2D eigenvalue weighted by molar-refractivity contribution is -0.137. The second kappa shape index (κ2) is 4.94. The first-order chi connectivity index (χ1) is 7.64. The molecule has 1 N–H and O–H groups in total. The fourth-order valence-electron chi connectivity index (χ4n) is 2.06. The van der Waals surface area contributed by atoms with Crippen LogP contribution in [0, 0.1) is 5.92 Å². The van der Waals surface area contributed by atoms with Crippen LogP contribution in [-0.2, 0) is 14.6 Å². The van der Waals surface area contributed by atoms with Crippen LogP contribution in [0.5, 0.6) is 0 Å². The van der Waals surface area contributed by atoms with E-state index in [1.54, 1.807) is 13.8 Å². The van der Waals surface area contributed by atoms with Crippen molar-refractivity contribution in [2.75, 3.05) is 24.6 Å². The van der Waals surface area contributed by atoms with Crippen LogP contribution in [0.4, 0.5) is 0 Å². The number of nitrogens with zero attached hydrogens (tertiary/aromatic N) is 1. The Balaban J connectivity index is 2.68. The average Bonchev–Trinajstić information content (AvgIpc) is 2.53. The number of hydrogen-bond acceptors (Lipinski definition) is 4. The van der Waals surface area contributed by atoms with Crippen molar-refractivity contribution in [2.24, 2.45) is 5.92 Å². The van der Waals surface area contributed by atoms with E-state index < -0.39 is 21.4 Å². The third kappa shape index (κ3) is 4.27. The summed E-state index contributed by atoms with van der Waals surface area (Å²) in [4.78, 5) is 13.6. The van der Waals surface area contributed by atoms with Gasteiger partial charge < -0.3 is 10.0 Å². The maximum Gasteiger partial charge on any atom is 0.226 e. The van der Waals surface area contributed by atoms with Crippen LogP contribution in [-0.4, -0.2) is 54.5 Å². The van der Waals surface area contributed by atoms with E-state index in [1.165, 1.54) is 4.90 Å². The minimum Gasteiger partial charge on any atom is -0.389 e. The summed E-state index contributed by atoms with van der Waals surface area (Å²) >= 11 is 0. The van der Waals surface area contributed by atoms with Crippen molar-refractivity contribution in [1.82, 2.24) is 4.90 Å². The molecule has 0 aromatic rings. The van der Waals surface area contributed by atoms with Crippen molar-refractivity contribution in [2.45, 2.75) is 32.8 Å². The van der Waals surface area contributed by atoms with Crippen LogP contribution >= 0.6 is 0 Å². The second-order valence-corrected chi connectivity index (χ2v) is 7.49. The first-order valence-electron chi connectivity index (χ1n) is 5.86. The molecular formula is C11H21NO4S. The fraction of sp³-hybridized carbons (Fsp3) is 0.909. The normalized spacial score (nSPS) is 23.6. The number of carbonyl (C=O) groups is 1. The molecule has 1 unspecified atom stereocenters. The summed E-state index contributed by atoms with van der Waals surface area (Å²) in [6.45, 7) is 5.81. The number of sulfone groups is 1. The van der Waals surface area contributed by atoms with Gasteiger partial charge in [-0.25, -0.2) is 8.42 Å². The summed E-state index contributed by atoms with van der Waals surface area (Å²) in [5, 5.41) is 9.70. The standard InChI is InChI=1S/C11H21NO4S/c1-4-12(8-11(2,3)14)10(13)9-5-6-17(15,16)7-9/h9,14H,4-8H2,1-3H3. The molecule has 0 aliphatic carbocycles. The molecule has 0 saturated carbocycles. The Bertz CT molecular complexity index is 383. The van der Waals surface area contributed by atoms with Gasteiger partial charge in [0.25, 0.3) is 0 Å². The minimum absolute atomic E-state index is 0.0474. The van der Waals surface area contributed by atoms with Crippen molar-refractivity contribution in [3.8, 4) is 0 Å². The van der Waals surface area contributed by atoms with Gasteiger partial charge in [0.15, 0.2) is 9.84 Å². The van der Waals surface area contributed by atoms with Gasteiger partial charge in [0.2, 0.25) is 5.91 Å². The molecule has 0 radical (unpaired) electrons. The zero-order chi connectivity index (χ0) is 13.3. The van der Waals surface area contributed by atoms with Crippen molar-refractivity contribution in [1.29, 1.82) is 0 Å². The largest absolute Gasteiger partial charge is 0.389 e. The van der Waals surface area contributed by atoms with E-state index in [4.69, 9.17) is 0 Å². The molecule has 1 atom stereocenters. The Labute approximate surface area is 103 Å². The van der Waals surface area contributed by atoms with Crippen LogP contribution in [0.25, 0.3) is 0 Å². The summed E-state index contributed by atoms with van der Waals surface area (Å²) < 4.78 is 22.6. The Kier molecular flexibility index (Phi) is 4.19.